The molecule has 0 saturated heterocycles. The van der Waals surface area contributed by atoms with E-state index in [-0.39, 0.29) is 10.5 Å². The van der Waals surface area contributed by atoms with Crippen molar-refractivity contribution in [3.05, 3.63) is 23.8 Å². The van der Waals surface area contributed by atoms with Gasteiger partial charge in [-0.2, -0.15) is 0 Å². The second-order valence-electron chi connectivity index (χ2n) is 5.31. The largest absolute Gasteiger partial charge is 0.465 e. The summed E-state index contributed by atoms with van der Waals surface area (Å²) in [6.45, 7) is 5.18. The Morgan fingerprint density at radius 3 is 2.30 bits per heavy atom. The normalized spacial score (nSPS) is 12.1. The Kier molecular flexibility index (Phi) is 4.77. The standard InChI is InChI=1S/C13H20N2O4S/c1-13(2,3)15-20(17,18)11-8-9(14-4)6-7-10(11)12(16)19-5/h6-8,14-15H,1-5H3. The highest BCUT2D eigenvalue weighted by Gasteiger charge is 2.27. The minimum Gasteiger partial charge on any atom is -0.465 e. The molecule has 20 heavy (non-hydrogen) atoms. The van der Waals surface area contributed by atoms with Gasteiger partial charge in [-0.15, -0.1) is 0 Å². The SMILES string of the molecule is CNc1ccc(C(=O)OC)c(S(=O)(=O)NC(C)(C)C)c1. The molecular weight excluding hydrogens is 280 g/mol. The van der Waals surface area contributed by atoms with Crippen LogP contribution in [0.2, 0.25) is 0 Å². The summed E-state index contributed by atoms with van der Waals surface area (Å²) in [4.78, 5) is 11.6. The summed E-state index contributed by atoms with van der Waals surface area (Å²) < 4.78 is 32.0. The molecule has 0 aromatic heterocycles. The second-order valence-corrected chi connectivity index (χ2v) is 6.96. The number of anilines is 1. The first-order chi connectivity index (χ1) is 9.10. The molecule has 1 rings (SSSR count). The first kappa shape index (κ1) is 16.5. The number of carbonyl (C=O) groups is 1. The molecule has 7 heteroatoms. The maximum atomic E-state index is 12.4. The minimum absolute atomic E-state index is 0.00301. The number of hydrogen-bond acceptors (Lipinski definition) is 5. The van der Waals surface area contributed by atoms with Gasteiger partial charge in [0.2, 0.25) is 10.0 Å². The van der Waals surface area contributed by atoms with Crippen LogP contribution in [0, 0.1) is 0 Å². The predicted octanol–water partition coefficient (Wildman–Crippen LogP) is 1.59. The first-order valence-electron chi connectivity index (χ1n) is 6.05. The average Bonchev–Trinajstić information content (AvgIpc) is 2.34. The lowest BCUT2D eigenvalue weighted by Gasteiger charge is -2.21. The number of nitrogens with one attached hydrogen (secondary N) is 2. The molecule has 0 spiro atoms. The van der Waals surface area contributed by atoms with Crippen molar-refractivity contribution in [3.63, 3.8) is 0 Å². The molecular formula is C13H20N2O4S. The van der Waals surface area contributed by atoms with Gasteiger partial charge in [0.05, 0.1) is 17.6 Å². The molecule has 2 N–H and O–H groups in total. The predicted molar refractivity (Wildman–Crippen MR) is 77.4 cm³/mol. The maximum absolute atomic E-state index is 12.4. The Labute approximate surface area is 119 Å². The summed E-state index contributed by atoms with van der Waals surface area (Å²) in [6.07, 6.45) is 0. The molecule has 0 amide bonds. The molecule has 112 valence electrons. The molecule has 0 bridgehead atoms. The molecule has 0 atom stereocenters. The van der Waals surface area contributed by atoms with Crippen molar-refractivity contribution in [3.8, 4) is 0 Å². The van der Waals surface area contributed by atoms with Crippen molar-refractivity contribution in [2.45, 2.75) is 31.2 Å². The van der Waals surface area contributed by atoms with Gasteiger partial charge in [-0.1, -0.05) is 0 Å². The molecule has 0 aliphatic carbocycles. The second kappa shape index (κ2) is 5.80. The summed E-state index contributed by atoms with van der Waals surface area (Å²) in [5, 5.41) is 2.84. The van der Waals surface area contributed by atoms with Gasteiger partial charge >= 0.3 is 5.97 Å². The van der Waals surface area contributed by atoms with Gasteiger partial charge in [-0.25, -0.2) is 17.9 Å². The van der Waals surface area contributed by atoms with Crippen molar-refractivity contribution >= 4 is 21.7 Å². The quantitative estimate of drug-likeness (QED) is 0.825. The van der Waals surface area contributed by atoms with Crippen LogP contribution in [0.1, 0.15) is 31.1 Å². The molecule has 0 unspecified atom stereocenters. The Balaban J connectivity index is 3.43. The Morgan fingerprint density at radius 2 is 1.85 bits per heavy atom. The summed E-state index contributed by atoms with van der Waals surface area (Å²) in [5.41, 5.74) is -0.0582. The summed E-state index contributed by atoms with van der Waals surface area (Å²) >= 11 is 0. The van der Waals surface area contributed by atoms with Crippen molar-refractivity contribution in [1.29, 1.82) is 0 Å². The lowest BCUT2D eigenvalue weighted by molar-refractivity contribution is 0.0596. The van der Waals surface area contributed by atoms with Crippen LogP contribution < -0.4 is 10.0 Å². The molecule has 1 aromatic rings. The van der Waals surface area contributed by atoms with Crippen LogP contribution in [0.4, 0.5) is 5.69 Å². The van der Waals surface area contributed by atoms with Crippen LogP contribution >= 0.6 is 0 Å². The van der Waals surface area contributed by atoms with Gasteiger partial charge < -0.3 is 10.1 Å². The van der Waals surface area contributed by atoms with Crippen molar-refractivity contribution < 1.29 is 17.9 Å². The van der Waals surface area contributed by atoms with E-state index in [2.05, 4.69) is 14.8 Å². The van der Waals surface area contributed by atoms with Crippen LogP contribution in [0.5, 0.6) is 0 Å². The lowest BCUT2D eigenvalue weighted by atomic mass is 10.1. The van der Waals surface area contributed by atoms with Crippen LogP contribution in [0.25, 0.3) is 0 Å². The van der Waals surface area contributed by atoms with E-state index < -0.39 is 21.5 Å². The number of carbonyl (C=O) groups excluding carboxylic acids is 1. The van der Waals surface area contributed by atoms with Gasteiger partial charge in [0.15, 0.2) is 0 Å². The van der Waals surface area contributed by atoms with Crippen molar-refractivity contribution in [2.24, 2.45) is 0 Å². The van der Waals surface area contributed by atoms with E-state index in [9.17, 15) is 13.2 Å². The van der Waals surface area contributed by atoms with Crippen LogP contribution in [-0.4, -0.2) is 34.1 Å². The monoisotopic (exact) mass is 300 g/mol. The van der Waals surface area contributed by atoms with Gasteiger partial charge in [0.25, 0.3) is 0 Å². The Hall–Kier alpha value is -1.60. The third-order valence-electron chi connectivity index (χ3n) is 2.41. The third-order valence-corrected chi connectivity index (χ3v) is 4.20. The van der Waals surface area contributed by atoms with Crippen LogP contribution in [0.15, 0.2) is 23.1 Å². The van der Waals surface area contributed by atoms with Gasteiger partial charge in [-0.05, 0) is 39.0 Å². The smallest absolute Gasteiger partial charge is 0.339 e. The van der Waals surface area contributed by atoms with E-state index in [0.717, 1.165) is 0 Å². The fourth-order valence-corrected chi connectivity index (χ4v) is 3.28. The molecule has 6 nitrogen and oxygen atoms in total. The van der Waals surface area contributed by atoms with E-state index in [1.54, 1.807) is 33.9 Å². The van der Waals surface area contributed by atoms with Gasteiger partial charge in [-0.3, -0.25) is 0 Å². The molecule has 0 heterocycles. The topological polar surface area (TPSA) is 84.5 Å². The van der Waals surface area contributed by atoms with E-state index >= 15 is 0 Å². The molecule has 0 aliphatic heterocycles. The Morgan fingerprint density at radius 1 is 1.25 bits per heavy atom. The van der Waals surface area contributed by atoms with Crippen LogP contribution in [0.3, 0.4) is 0 Å². The zero-order valence-electron chi connectivity index (χ0n) is 12.3. The van der Waals surface area contributed by atoms with E-state index in [1.165, 1.54) is 19.2 Å². The zero-order valence-corrected chi connectivity index (χ0v) is 13.1. The summed E-state index contributed by atoms with van der Waals surface area (Å²) in [6, 6.07) is 4.44. The Bertz CT molecular complexity index is 603. The number of benzene rings is 1. The molecule has 0 fully saturated rings. The minimum atomic E-state index is -3.83. The van der Waals surface area contributed by atoms with Crippen molar-refractivity contribution in [1.82, 2.24) is 4.72 Å². The molecule has 1 aromatic carbocycles. The van der Waals surface area contributed by atoms with E-state index in [0.29, 0.717) is 5.69 Å². The fraction of sp³-hybridized carbons (Fsp3) is 0.462. The number of ether oxygens (including phenoxy) is 1. The molecule has 0 radical (unpaired) electrons. The number of methoxy groups -OCH3 is 1. The average molecular weight is 300 g/mol. The fourth-order valence-electron chi connectivity index (χ4n) is 1.64. The van der Waals surface area contributed by atoms with Gasteiger partial charge in [0.1, 0.15) is 0 Å². The van der Waals surface area contributed by atoms with Gasteiger partial charge in [0, 0.05) is 18.3 Å². The third kappa shape index (κ3) is 3.94. The summed E-state index contributed by atoms with van der Waals surface area (Å²) in [5.74, 6) is -0.693. The molecule has 0 saturated carbocycles. The number of sulfonamides is 1. The number of rotatable bonds is 4. The number of esters is 1. The highest BCUT2D eigenvalue weighted by atomic mass is 32.2. The molecule has 0 aliphatic rings. The van der Waals surface area contributed by atoms with Crippen LogP contribution in [-0.2, 0) is 14.8 Å². The first-order valence-corrected chi connectivity index (χ1v) is 7.53. The highest BCUT2D eigenvalue weighted by Crippen LogP contribution is 2.22. The van der Waals surface area contributed by atoms with Crippen molar-refractivity contribution in [2.75, 3.05) is 19.5 Å². The lowest BCUT2D eigenvalue weighted by Crippen LogP contribution is -2.41. The zero-order chi connectivity index (χ0) is 15.6. The van der Waals surface area contributed by atoms with E-state index in [4.69, 9.17) is 0 Å². The van der Waals surface area contributed by atoms with E-state index in [1.807, 2.05) is 0 Å². The maximum Gasteiger partial charge on any atom is 0.339 e. The highest BCUT2D eigenvalue weighted by molar-refractivity contribution is 7.89. The number of hydrogen-bond donors (Lipinski definition) is 2. The summed E-state index contributed by atoms with van der Waals surface area (Å²) in [7, 11) is -0.950.